The number of carbonyl (C=O) groups is 1. The van der Waals surface area contributed by atoms with Gasteiger partial charge in [-0.15, -0.1) is 17.5 Å². The largest absolute Gasteiger partial charge is 0.493 e. The average Bonchev–Trinajstić information content (AvgIpc) is 3.38. The number of halogens is 1. The van der Waals surface area contributed by atoms with Crippen LogP contribution in [-0.2, 0) is 11.3 Å². The van der Waals surface area contributed by atoms with E-state index in [1.807, 2.05) is 79.7 Å². The van der Waals surface area contributed by atoms with Crippen LogP contribution in [-0.4, -0.2) is 52.1 Å². The van der Waals surface area contributed by atoms with Gasteiger partial charge in [0.15, 0.2) is 18.1 Å². The van der Waals surface area contributed by atoms with E-state index < -0.39 is 0 Å². The summed E-state index contributed by atoms with van der Waals surface area (Å²) in [4.78, 5) is 12.2. The van der Waals surface area contributed by atoms with Crippen LogP contribution in [0.2, 0.25) is 0 Å². The Morgan fingerprint density at radius 3 is 2.57 bits per heavy atom. The Morgan fingerprint density at radius 2 is 1.81 bits per heavy atom. The lowest BCUT2D eigenvalue weighted by Crippen LogP contribution is -2.20. The Bertz CT molecular complexity index is 1270. The third kappa shape index (κ3) is 8.21. The zero-order valence-electron chi connectivity index (χ0n) is 20.6. The molecule has 0 radical (unpaired) electrons. The number of aryl methyl sites for hydroxylation is 1. The van der Waals surface area contributed by atoms with Crippen molar-refractivity contribution in [2.75, 3.05) is 31.3 Å². The van der Waals surface area contributed by atoms with Crippen LogP contribution in [0, 0.1) is 6.92 Å². The highest BCUT2D eigenvalue weighted by atomic mass is 35.5. The zero-order valence-corrected chi connectivity index (χ0v) is 22.2. The number of hydrogen-bond donors (Lipinski definition) is 2. The number of aromatic nitrogens is 4. The minimum Gasteiger partial charge on any atom is -0.493 e. The summed E-state index contributed by atoms with van der Waals surface area (Å²) in [5.74, 6) is 1.67. The van der Waals surface area contributed by atoms with Crippen LogP contribution in [0.5, 0.6) is 11.5 Å². The lowest BCUT2D eigenvalue weighted by atomic mass is 10.2. The molecular weight excluding hydrogens is 512 g/mol. The van der Waals surface area contributed by atoms with Crippen molar-refractivity contribution in [3.05, 3.63) is 83.9 Å². The highest BCUT2D eigenvalue weighted by molar-refractivity contribution is 7.99. The maximum absolute atomic E-state index is 12.2. The van der Waals surface area contributed by atoms with Crippen LogP contribution in [0.4, 0.5) is 5.69 Å². The maximum atomic E-state index is 12.2. The van der Waals surface area contributed by atoms with Gasteiger partial charge >= 0.3 is 0 Å². The summed E-state index contributed by atoms with van der Waals surface area (Å²) >= 11 is 1.59. The Kier molecular flexibility index (Phi) is 10.8. The van der Waals surface area contributed by atoms with E-state index in [9.17, 15) is 4.79 Å². The molecule has 37 heavy (non-hydrogen) atoms. The standard InChI is InChI=1S/C26H28N6O3S.ClH/c1-19-8-11-21(12-9-19)28-25(33)18-35-23-13-10-20(16-24(23)34-2)17-27-14-15-36-26-29-30-31-32(26)22-6-4-3-5-7-22;/h3-13,16,27H,14-15,17-18H2,1-2H3,(H,28,33);1H. The number of anilines is 1. The Labute approximate surface area is 226 Å². The lowest BCUT2D eigenvalue weighted by molar-refractivity contribution is -0.118. The Hall–Kier alpha value is -3.60. The molecule has 0 spiro atoms. The van der Waals surface area contributed by atoms with E-state index in [0.717, 1.165) is 40.0 Å². The van der Waals surface area contributed by atoms with Crippen LogP contribution in [0.3, 0.4) is 0 Å². The molecule has 0 fully saturated rings. The number of nitrogens with one attached hydrogen (secondary N) is 2. The van der Waals surface area contributed by atoms with Crippen molar-refractivity contribution >= 4 is 35.8 Å². The van der Waals surface area contributed by atoms with Crippen LogP contribution in [0.25, 0.3) is 5.69 Å². The summed E-state index contributed by atoms with van der Waals surface area (Å²) in [6.45, 7) is 3.32. The fraction of sp³-hybridized carbons (Fsp3) is 0.231. The van der Waals surface area contributed by atoms with Gasteiger partial charge in [-0.25, -0.2) is 0 Å². The minimum atomic E-state index is -0.234. The molecule has 3 aromatic carbocycles. The zero-order chi connectivity index (χ0) is 25.2. The number of amides is 1. The average molecular weight is 541 g/mol. The molecule has 0 bridgehead atoms. The molecule has 9 nitrogen and oxygen atoms in total. The summed E-state index contributed by atoms with van der Waals surface area (Å²) in [7, 11) is 1.58. The quantitative estimate of drug-likeness (QED) is 0.202. The maximum Gasteiger partial charge on any atom is 0.262 e. The molecule has 4 aromatic rings. The Morgan fingerprint density at radius 1 is 1.03 bits per heavy atom. The highest BCUT2D eigenvalue weighted by Crippen LogP contribution is 2.28. The molecule has 194 valence electrons. The van der Waals surface area contributed by atoms with Crippen LogP contribution < -0.4 is 20.1 Å². The summed E-state index contributed by atoms with van der Waals surface area (Å²) in [6, 6.07) is 23.1. The normalized spacial score (nSPS) is 10.4. The van der Waals surface area contributed by atoms with Crippen molar-refractivity contribution in [2.24, 2.45) is 0 Å². The first-order chi connectivity index (χ1) is 17.6. The molecule has 1 heterocycles. The number of ether oxygens (including phenoxy) is 2. The molecule has 0 aliphatic rings. The number of benzene rings is 3. The van der Waals surface area contributed by atoms with Gasteiger partial charge in [-0.2, -0.15) is 4.68 Å². The van der Waals surface area contributed by atoms with Gasteiger partial charge in [0.05, 0.1) is 12.8 Å². The van der Waals surface area contributed by atoms with Crippen LogP contribution in [0.1, 0.15) is 11.1 Å². The van der Waals surface area contributed by atoms with Crippen molar-refractivity contribution < 1.29 is 14.3 Å². The van der Waals surface area contributed by atoms with E-state index >= 15 is 0 Å². The van der Waals surface area contributed by atoms with E-state index in [1.165, 1.54) is 0 Å². The summed E-state index contributed by atoms with van der Waals surface area (Å²) in [6.07, 6.45) is 0. The van der Waals surface area contributed by atoms with Gasteiger partial charge in [-0.1, -0.05) is 53.7 Å². The molecule has 0 saturated heterocycles. The number of thioether (sulfide) groups is 1. The first-order valence-electron chi connectivity index (χ1n) is 11.5. The topological polar surface area (TPSA) is 103 Å². The molecule has 11 heteroatoms. The second-order valence-electron chi connectivity index (χ2n) is 7.92. The summed E-state index contributed by atoms with van der Waals surface area (Å²) in [5.41, 5.74) is 3.84. The fourth-order valence-corrected chi connectivity index (χ4v) is 4.15. The molecule has 0 atom stereocenters. The molecule has 0 unspecified atom stereocenters. The second kappa shape index (κ2) is 14.2. The number of methoxy groups -OCH3 is 1. The third-order valence-corrected chi connectivity index (χ3v) is 6.12. The van der Waals surface area contributed by atoms with Gasteiger partial charge < -0.3 is 20.1 Å². The van der Waals surface area contributed by atoms with Gasteiger partial charge in [0.1, 0.15) is 0 Å². The van der Waals surface area contributed by atoms with Crippen LogP contribution in [0.15, 0.2) is 78.0 Å². The number of rotatable bonds is 12. The molecular formula is C26H29ClN6O3S. The lowest BCUT2D eigenvalue weighted by Gasteiger charge is -2.13. The smallest absolute Gasteiger partial charge is 0.262 e. The number of nitrogens with zero attached hydrogens (tertiary/aromatic N) is 4. The summed E-state index contributed by atoms with van der Waals surface area (Å²) in [5, 5.41) is 19.0. The molecule has 2 N–H and O–H groups in total. The van der Waals surface area contributed by atoms with E-state index in [4.69, 9.17) is 9.47 Å². The number of tetrazole rings is 1. The van der Waals surface area contributed by atoms with E-state index in [0.29, 0.717) is 18.0 Å². The van der Waals surface area contributed by atoms with Crippen molar-refractivity contribution in [1.82, 2.24) is 25.5 Å². The van der Waals surface area contributed by atoms with Crippen molar-refractivity contribution in [2.45, 2.75) is 18.6 Å². The fourth-order valence-electron chi connectivity index (χ4n) is 3.37. The number of hydrogen-bond acceptors (Lipinski definition) is 8. The SMILES string of the molecule is COc1cc(CNCCSc2nnnn2-c2ccccc2)ccc1OCC(=O)Nc1ccc(C)cc1.Cl. The van der Waals surface area contributed by atoms with Gasteiger partial charge in [-0.3, -0.25) is 4.79 Å². The molecule has 1 amide bonds. The minimum absolute atomic E-state index is 0. The molecule has 0 aliphatic heterocycles. The monoisotopic (exact) mass is 540 g/mol. The molecule has 0 aliphatic carbocycles. The predicted molar refractivity (Wildman–Crippen MR) is 147 cm³/mol. The summed E-state index contributed by atoms with van der Waals surface area (Å²) < 4.78 is 12.9. The van der Waals surface area contributed by atoms with E-state index in [1.54, 1.807) is 23.6 Å². The third-order valence-electron chi connectivity index (χ3n) is 5.20. The molecule has 0 saturated carbocycles. The Balaban J connectivity index is 0.00000380. The van der Waals surface area contributed by atoms with Gasteiger partial charge in [0.25, 0.3) is 5.91 Å². The predicted octanol–water partition coefficient (Wildman–Crippen LogP) is 4.30. The van der Waals surface area contributed by atoms with E-state index in [-0.39, 0.29) is 24.9 Å². The highest BCUT2D eigenvalue weighted by Gasteiger charge is 2.10. The number of para-hydroxylation sites is 1. The van der Waals surface area contributed by atoms with Crippen molar-refractivity contribution in [3.63, 3.8) is 0 Å². The second-order valence-corrected chi connectivity index (χ2v) is 8.98. The first-order valence-corrected chi connectivity index (χ1v) is 12.4. The first kappa shape index (κ1) is 28.0. The molecule has 4 rings (SSSR count). The number of carbonyl (C=O) groups excluding carboxylic acids is 1. The van der Waals surface area contributed by atoms with Crippen molar-refractivity contribution in [1.29, 1.82) is 0 Å². The van der Waals surface area contributed by atoms with Gasteiger partial charge in [0.2, 0.25) is 5.16 Å². The van der Waals surface area contributed by atoms with Gasteiger partial charge in [0, 0.05) is 24.5 Å². The molecule has 1 aromatic heterocycles. The van der Waals surface area contributed by atoms with Crippen LogP contribution >= 0.6 is 24.2 Å². The van der Waals surface area contributed by atoms with Gasteiger partial charge in [-0.05, 0) is 59.3 Å². The van der Waals surface area contributed by atoms with E-state index in [2.05, 4.69) is 26.2 Å². The van der Waals surface area contributed by atoms with Crippen molar-refractivity contribution in [3.8, 4) is 17.2 Å².